The number of benzene rings is 2. The molecule has 0 unspecified atom stereocenters. The van der Waals surface area contributed by atoms with Crippen LogP contribution in [0, 0.1) is 0 Å². The topological polar surface area (TPSA) is 95.0 Å². The average Bonchev–Trinajstić information content (AvgIpc) is 3.14. The largest absolute Gasteiger partial charge is 0.480 e. The molecule has 1 fully saturated rings. The van der Waals surface area contributed by atoms with Gasteiger partial charge in [-0.2, -0.15) is 0 Å². The van der Waals surface area contributed by atoms with Gasteiger partial charge in [0, 0.05) is 11.1 Å². The molecule has 0 radical (unpaired) electrons. The predicted octanol–water partition coefficient (Wildman–Crippen LogP) is 3.10. The number of carbonyl (C=O) groups excluding carboxylic acids is 3. The number of thioether (sulfide) groups is 1. The number of para-hydroxylation sites is 1. The van der Waals surface area contributed by atoms with Crippen molar-refractivity contribution < 1.29 is 24.3 Å². The molecule has 2 aromatic carbocycles. The highest BCUT2D eigenvalue weighted by molar-refractivity contribution is 8.27. The zero-order chi connectivity index (χ0) is 21.6. The van der Waals surface area contributed by atoms with Crippen LogP contribution in [0.4, 0.5) is 11.4 Å². The summed E-state index contributed by atoms with van der Waals surface area (Å²) in [6, 6.07) is 13.2. The van der Waals surface area contributed by atoms with Crippen LogP contribution in [0.5, 0.6) is 0 Å². The number of carbonyl (C=O) groups is 4. The molecule has 150 valence electrons. The number of aliphatic carboxylic acids is 1. The summed E-state index contributed by atoms with van der Waals surface area (Å²) in [7, 11) is 0. The van der Waals surface area contributed by atoms with Gasteiger partial charge in [-0.05, 0) is 37.3 Å². The third-order valence-corrected chi connectivity index (χ3v) is 6.12. The lowest BCUT2D eigenvalue weighted by atomic mass is 10.1. The van der Waals surface area contributed by atoms with Crippen LogP contribution >= 0.6 is 24.0 Å². The monoisotopic (exact) mass is 438 g/mol. The number of anilines is 2. The van der Waals surface area contributed by atoms with Crippen LogP contribution in [-0.2, 0) is 14.4 Å². The maximum atomic E-state index is 13.2. The molecule has 0 atom stereocenters. The number of carboxylic acids is 1. The Labute approximate surface area is 181 Å². The van der Waals surface area contributed by atoms with Crippen LogP contribution in [-0.4, -0.2) is 39.5 Å². The zero-order valence-electron chi connectivity index (χ0n) is 15.6. The van der Waals surface area contributed by atoms with Crippen molar-refractivity contribution in [3.8, 4) is 0 Å². The third-order valence-electron chi connectivity index (χ3n) is 4.74. The van der Waals surface area contributed by atoms with E-state index in [0.717, 1.165) is 16.7 Å². The highest BCUT2D eigenvalue weighted by Crippen LogP contribution is 2.45. The van der Waals surface area contributed by atoms with E-state index in [1.54, 1.807) is 48.5 Å². The number of hydrogen-bond donors (Lipinski definition) is 1. The van der Waals surface area contributed by atoms with Crippen LogP contribution in [0.25, 0.3) is 5.57 Å². The van der Waals surface area contributed by atoms with Gasteiger partial charge >= 0.3 is 5.97 Å². The summed E-state index contributed by atoms with van der Waals surface area (Å²) in [5, 5.41) is 9.18. The second-order valence-corrected chi connectivity index (χ2v) is 8.26. The first-order chi connectivity index (χ1) is 14.3. The van der Waals surface area contributed by atoms with E-state index in [1.165, 1.54) is 11.8 Å². The third kappa shape index (κ3) is 3.21. The van der Waals surface area contributed by atoms with E-state index in [0.29, 0.717) is 22.5 Å². The first kappa shape index (κ1) is 20.0. The molecule has 0 aliphatic carbocycles. The molecule has 2 amide bonds. The number of hydrogen-bond acceptors (Lipinski definition) is 6. The number of carboxylic acid groups (broad SMARTS) is 1. The van der Waals surface area contributed by atoms with Crippen molar-refractivity contribution in [2.75, 3.05) is 16.3 Å². The lowest BCUT2D eigenvalue weighted by Crippen LogP contribution is -2.32. The molecule has 2 aliphatic rings. The molecule has 0 bridgehead atoms. The Morgan fingerprint density at radius 2 is 1.70 bits per heavy atom. The summed E-state index contributed by atoms with van der Waals surface area (Å²) < 4.78 is 0.250. The molecular weight excluding hydrogens is 424 g/mol. The lowest BCUT2D eigenvalue weighted by molar-refractivity contribution is -0.136. The molecular formula is C21H14N2O5S2. The Morgan fingerprint density at radius 3 is 2.33 bits per heavy atom. The number of nitrogens with zero attached hydrogens (tertiary/aromatic N) is 2. The number of ketones is 1. The summed E-state index contributed by atoms with van der Waals surface area (Å²) >= 11 is 6.38. The number of Topliss-reactive ketones (excluding diaryl/α,β-unsaturated/α-hetero) is 1. The van der Waals surface area contributed by atoms with E-state index in [-0.39, 0.29) is 20.6 Å². The second-order valence-electron chi connectivity index (χ2n) is 6.62. The van der Waals surface area contributed by atoms with E-state index in [2.05, 4.69) is 0 Å². The second kappa shape index (κ2) is 7.51. The van der Waals surface area contributed by atoms with Gasteiger partial charge in [-0.15, -0.1) is 0 Å². The normalized spacial score (nSPS) is 18.2. The number of amides is 2. The van der Waals surface area contributed by atoms with Gasteiger partial charge in [0.2, 0.25) is 0 Å². The summed E-state index contributed by atoms with van der Waals surface area (Å²) in [6.07, 6.45) is 0. The van der Waals surface area contributed by atoms with Gasteiger partial charge in [0.1, 0.15) is 6.54 Å². The molecule has 7 nitrogen and oxygen atoms in total. The van der Waals surface area contributed by atoms with E-state index in [4.69, 9.17) is 12.2 Å². The maximum absolute atomic E-state index is 13.2. The van der Waals surface area contributed by atoms with E-state index in [9.17, 15) is 24.3 Å². The smallest absolute Gasteiger partial charge is 0.323 e. The fraction of sp³-hybridized carbons (Fsp3) is 0.0952. The van der Waals surface area contributed by atoms with E-state index in [1.807, 2.05) is 0 Å². The van der Waals surface area contributed by atoms with Gasteiger partial charge in [-0.25, -0.2) is 0 Å². The summed E-state index contributed by atoms with van der Waals surface area (Å²) in [4.78, 5) is 51.6. The Bertz CT molecular complexity index is 1170. The molecule has 0 spiro atoms. The fourth-order valence-electron chi connectivity index (χ4n) is 3.38. The van der Waals surface area contributed by atoms with Crippen LogP contribution < -0.4 is 9.80 Å². The molecule has 4 rings (SSSR count). The highest BCUT2D eigenvalue weighted by Gasteiger charge is 2.42. The molecule has 2 heterocycles. The van der Waals surface area contributed by atoms with E-state index < -0.39 is 24.3 Å². The van der Waals surface area contributed by atoms with Crippen molar-refractivity contribution in [3.63, 3.8) is 0 Å². The van der Waals surface area contributed by atoms with Crippen molar-refractivity contribution in [3.05, 3.63) is 64.6 Å². The minimum Gasteiger partial charge on any atom is -0.480 e. The minimum absolute atomic E-state index is 0.0965. The Kier molecular flexibility index (Phi) is 5.00. The van der Waals surface area contributed by atoms with Crippen molar-refractivity contribution in [2.45, 2.75) is 6.92 Å². The van der Waals surface area contributed by atoms with Gasteiger partial charge in [0.15, 0.2) is 10.1 Å². The van der Waals surface area contributed by atoms with Crippen molar-refractivity contribution >= 4 is 68.8 Å². The first-order valence-corrected chi connectivity index (χ1v) is 10.1. The first-order valence-electron chi connectivity index (χ1n) is 8.84. The van der Waals surface area contributed by atoms with Gasteiger partial charge in [0.05, 0.1) is 21.9 Å². The number of fused-ring (bicyclic) bond motifs is 1. The van der Waals surface area contributed by atoms with E-state index >= 15 is 0 Å². The van der Waals surface area contributed by atoms with Gasteiger partial charge in [-0.1, -0.05) is 42.2 Å². The van der Waals surface area contributed by atoms with Crippen molar-refractivity contribution in [1.29, 1.82) is 0 Å². The summed E-state index contributed by atoms with van der Waals surface area (Å²) in [5.74, 6) is -2.26. The Balaban J connectivity index is 1.78. The molecule has 1 N–H and O–H groups in total. The molecule has 1 saturated heterocycles. The number of rotatable bonds is 4. The SMILES string of the molecule is CC(=O)c1ccc(N2C(=O)/C(=C3/C(=O)N(CC(=O)O)c4ccccc43)SC2=S)cc1. The fourth-order valence-corrected chi connectivity index (χ4v) is 4.75. The molecule has 2 aromatic rings. The lowest BCUT2D eigenvalue weighted by Gasteiger charge is -2.15. The molecule has 2 aliphatic heterocycles. The molecule has 0 aromatic heterocycles. The molecule has 0 saturated carbocycles. The Morgan fingerprint density at radius 1 is 1.03 bits per heavy atom. The van der Waals surface area contributed by atoms with Crippen LogP contribution in [0.3, 0.4) is 0 Å². The zero-order valence-corrected chi connectivity index (χ0v) is 17.3. The average molecular weight is 438 g/mol. The minimum atomic E-state index is -1.16. The van der Waals surface area contributed by atoms with Crippen LogP contribution in [0.1, 0.15) is 22.8 Å². The van der Waals surface area contributed by atoms with Crippen molar-refractivity contribution in [1.82, 2.24) is 0 Å². The molecule has 9 heteroatoms. The summed E-state index contributed by atoms with van der Waals surface area (Å²) in [6.45, 7) is 0.942. The predicted molar refractivity (Wildman–Crippen MR) is 117 cm³/mol. The maximum Gasteiger partial charge on any atom is 0.323 e. The Hall–Kier alpha value is -3.30. The van der Waals surface area contributed by atoms with Crippen LogP contribution in [0.2, 0.25) is 0 Å². The highest BCUT2D eigenvalue weighted by atomic mass is 32.2. The van der Waals surface area contributed by atoms with Gasteiger partial charge in [0.25, 0.3) is 11.8 Å². The van der Waals surface area contributed by atoms with Gasteiger partial charge < -0.3 is 5.11 Å². The molecule has 30 heavy (non-hydrogen) atoms. The van der Waals surface area contributed by atoms with Gasteiger partial charge in [-0.3, -0.25) is 29.0 Å². The van der Waals surface area contributed by atoms with Crippen molar-refractivity contribution in [2.24, 2.45) is 0 Å². The number of thiocarbonyl (C=S) groups is 1. The standard InChI is InChI=1S/C21H14N2O5S2/c1-11(24)12-6-8-13(9-7-12)23-20(28)18(30-21(23)29)17-14-4-2-3-5-15(14)22(19(17)27)10-16(25)26/h2-9H,10H2,1H3,(H,25,26)/b18-17-. The summed E-state index contributed by atoms with van der Waals surface area (Å²) in [5.41, 5.74) is 2.07. The quantitative estimate of drug-likeness (QED) is 0.445. The van der Waals surface area contributed by atoms with Crippen LogP contribution in [0.15, 0.2) is 53.4 Å².